The molecule has 1 aliphatic carbocycles. The molecule has 1 fully saturated rings. The Labute approximate surface area is 194 Å². The van der Waals surface area contributed by atoms with Gasteiger partial charge in [0.25, 0.3) is 0 Å². The SMILES string of the molecule is CCOC(=O)c1c(NC(=O)C(C)N2CCN(c3ccccc3)CC2)sc2c1CCC(C)C2. The lowest BCUT2D eigenvalue weighted by atomic mass is 9.88. The second-order valence-electron chi connectivity index (χ2n) is 8.80. The topological polar surface area (TPSA) is 61.9 Å². The van der Waals surface area contributed by atoms with Crippen molar-refractivity contribution in [2.24, 2.45) is 5.92 Å². The summed E-state index contributed by atoms with van der Waals surface area (Å²) in [6, 6.07) is 10.1. The van der Waals surface area contributed by atoms with Crippen LogP contribution in [0.5, 0.6) is 0 Å². The van der Waals surface area contributed by atoms with E-state index in [0.29, 0.717) is 23.1 Å². The normalized spacial score (nSPS) is 19.8. The Morgan fingerprint density at radius 1 is 1.19 bits per heavy atom. The zero-order chi connectivity index (χ0) is 22.7. The maximum absolute atomic E-state index is 13.2. The first-order valence-electron chi connectivity index (χ1n) is 11.6. The summed E-state index contributed by atoms with van der Waals surface area (Å²) in [5.41, 5.74) is 2.88. The minimum absolute atomic E-state index is 0.0599. The number of hydrogen-bond acceptors (Lipinski definition) is 6. The summed E-state index contributed by atoms with van der Waals surface area (Å²) in [6.45, 7) is 9.76. The molecule has 1 N–H and O–H groups in total. The van der Waals surface area contributed by atoms with Crippen molar-refractivity contribution in [2.45, 2.75) is 46.1 Å². The third-order valence-electron chi connectivity index (χ3n) is 6.59. The smallest absolute Gasteiger partial charge is 0.341 e. The minimum Gasteiger partial charge on any atom is -0.462 e. The molecule has 2 heterocycles. The molecule has 2 atom stereocenters. The van der Waals surface area contributed by atoms with Gasteiger partial charge in [-0.2, -0.15) is 0 Å². The molecule has 32 heavy (non-hydrogen) atoms. The molecule has 0 saturated carbocycles. The van der Waals surface area contributed by atoms with E-state index in [1.165, 1.54) is 10.6 Å². The van der Waals surface area contributed by atoms with Gasteiger partial charge in [-0.05, 0) is 56.7 Å². The molecule has 2 aliphatic rings. The van der Waals surface area contributed by atoms with Crippen LogP contribution in [0.25, 0.3) is 0 Å². The predicted octanol–water partition coefficient (Wildman–Crippen LogP) is 4.20. The second-order valence-corrected chi connectivity index (χ2v) is 9.91. The van der Waals surface area contributed by atoms with Crippen molar-refractivity contribution in [3.8, 4) is 0 Å². The van der Waals surface area contributed by atoms with Crippen LogP contribution in [-0.4, -0.2) is 55.6 Å². The molecule has 6 nitrogen and oxygen atoms in total. The van der Waals surface area contributed by atoms with Gasteiger partial charge in [0.05, 0.1) is 18.2 Å². The Kier molecular flexibility index (Phi) is 7.16. The Bertz CT molecular complexity index is 951. The van der Waals surface area contributed by atoms with Crippen LogP contribution in [0, 0.1) is 5.92 Å². The molecule has 0 spiro atoms. The summed E-state index contributed by atoms with van der Waals surface area (Å²) in [6.07, 6.45) is 2.89. The van der Waals surface area contributed by atoms with Crippen LogP contribution in [0.1, 0.15) is 48.0 Å². The number of para-hydroxylation sites is 1. The van der Waals surface area contributed by atoms with E-state index >= 15 is 0 Å². The van der Waals surface area contributed by atoms with Crippen LogP contribution in [0.3, 0.4) is 0 Å². The molecule has 172 valence electrons. The van der Waals surface area contributed by atoms with E-state index in [1.54, 1.807) is 11.3 Å². The van der Waals surface area contributed by atoms with Crippen LogP contribution >= 0.6 is 11.3 Å². The van der Waals surface area contributed by atoms with Crippen molar-refractivity contribution in [2.75, 3.05) is 43.0 Å². The predicted molar refractivity (Wildman–Crippen MR) is 130 cm³/mol. The van der Waals surface area contributed by atoms with E-state index in [9.17, 15) is 9.59 Å². The van der Waals surface area contributed by atoms with Gasteiger partial charge < -0.3 is 15.0 Å². The highest BCUT2D eigenvalue weighted by Crippen LogP contribution is 2.40. The number of anilines is 2. The first kappa shape index (κ1) is 22.8. The van der Waals surface area contributed by atoms with Crippen molar-refractivity contribution < 1.29 is 14.3 Å². The largest absolute Gasteiger partial charge is 0.462 e. The molecular formula is C25H33N3O3S. The Hall–Kier alpha value is -2.38. The fourth-order valence-corrected chi connectivity index (χ4v) is 6.05. The molecule has 1 aromatic heterocycles. The number of amides is 1. The summed E-state index contributed by atoms with van der Waals surface area (Å²) in [7, 11) is 0. The molecule has 2 aromatic rings. The summed E-state index contributed by atoms with van der Waals surface area (Å²) in [5, 5.41) is 3.74. The average Bonchev–Trinajstić information content (AvgIpc) is 3.16. The highest BCUT2D eigenvalue weighted by molar-refractivity contribution is 7.17. The van der Waals surface area contributed by atoms with E-state index in [2.05, 4.69) is 46.3 Å². The number of benzene rings is 1. The van der Waals surface area contributed by atoms with Crippen LogP contribution in [0.2, 0.25) is 0 Å². The summed E-state index contributed by atoms with van der Waals surface area (Å²) >= 11 is 1.55. The fourth-order valence-electron chi connectivity index (χ4n) is 4.65. The number of piperazine rings is 1. The molecule has 0 radical (unpaired) electrons. The van der Waals surface area contributed by atoms with Crippen molar-refractivity contribution in [3.05, 3.63) is 46.3 Å². The zero-order valence-corrected chi connectivity index (χ0v) is 20.0. The number of nitrogens with zero attached hydrogens (tertiary/aromatic N) is 2. The number of carbonyl (C=O) groups is 2. The lowest BCUT2D eigenvalue weighted by Gasteiger charge is -2.38. The van der Waals surface area contributed by atoms with Gasteiger partial charge in [-0.1, -0.05) is 25.1 Å². The van der Waals surface area contributed by atoms with Gasteiger partial charge >= 0.3 is 5.97 Å². The highest BCUT2D eigenvalue weighted by atomic mass is 32.1. The summed E-state index contributed by atoms with van der Waals surface area (Å²) in [4.78, 5) is 31.7. The van der Waals surface area contributed by atoms with Crippen molar-refractivity contribution in [1.82, 2.24) is 4.90 Å². The number of esters is 1. The minimum atomic E-state index is -0.320. The van der Waals surface area contributed by atoms with Crippen molar-refractivity contribution >= 4 is 33.9 Å². The molecule has 1 aromatic carbocycles. The summed E-state index contributed by atoms with van der Waals surface area (Å²) < 4.78 is 5.33. The lowest BCUT2D eigenvalue weighted by molar-refractivity contribution is -0.120. The Morgan fingerprint density at radius 3 is 2.59 bits per heavy atom. The third kappa shape index (κ3) is 4.84. The van der Waals surface area contributed by atoms with Crippen molar-refractivity contribution in [3.63, 3.8) is 0 Å². The van der Waals surface area contributed by atoms with Gasteiger partial charge in [0, 0.05) is 36.7 Å². The molecular weight excluding hydrogens is 422 g/mol. The van der Waals surface area contributed by atoms with Crippen LogP contribution in [0.15, 0.2) is 30.3 Å². The van der Waals surface area contributed by atoms with Gasteiger partial charge in [0.15, 0.2) is 0 Å². The number of hydrogen-bond donors (Lipinski definition) is 1. The standard InChI is InChI=1S/C25H33N3O3S/c1-4-31-25(30)22-20-11-10-17(2)16-21(20)32-24(22)26-23(29)18(3)27-12-14-28(15-13-27)19-8-6-5-7-9-19/h5-9,17-18H,4,10-16H2,1-3H3,(H,26,29). The Morgan fingerprint density at radius 2 is 1.91 bits per heavy atom. The maximum Gasteiger partial charge on any atom is 0.341 e. The first-order valence-corrected chi connectivity index (χ1v) is 12.5. The molecule has 2 unspecified atom stereocenters. The zero-order valence-electron chi connectivity index (χ0n) is 19.2. The van der Waals surface area contributed by atoms with Crippen LogP contribution < -0.4 is 10.2 Å². The van der Waals surface area contributed by atoms with Gasteiger partial charge in [-0.25, -0.2) is 4.79 Å². The van der Waals surface area contributed by atoms with Gasteiger partial charge in [-0.3, -0.25) is 9.69 Å². The third-order valence-corrected chi connectivity index (χ3v) is 7.76. The summed E-state index contributed by atoms with van der Waals surface area (Å²) in [5.74, 6) is 0.217. The lowest BCUT2D eigenvalue weighted by Crippen LogP contribution is -2.52. The first-order chi connectivity index (χ1) is 15.5. The maximum atomic E-state index is 13.2. The molecule has 1 saturated heterocycles. The van der Waals surface area contributed by atoms with Gasteiger partial charge in [0.1, 0.15) is 5.00 Å². The second kappa shape index (κ2) is 10.0. The van der Waals surface area contributed by atoms with E-state index in [0.717, 1.165) is 51.0 Å². The van der Waals surface area contributed by atoms with Crippen LogP contribution in [-0.2, 0) is 22.4 Å². The average molecular weight is 456 g/mol. The number of thiophene rings is 1. The molecule has 4 rings (SSSR count). The number of carbonyl (C=O) groups excluding carboxylic acids is 2. The number of ether oxygens (including phenoxy) is 1. The molecule has 0 bridgehead atoms. The quantitative estimate of drug-likeness (QED) is 0.662. The van der Waals surface area contributed by atoms with Gasteiger partial charge in [-0.15, -0.1) is 11.3 Å². The van der Waals surface area contributed by atoms with E-state index in [1.807, 2.05) is 19.9 Å². The monoisotopic (exact) mass is 455 g/mol. The van der Waals surface area contributed by atoms with Gasteiger partial charge in [0.2, 0.25) is 5.91 Å². The Balaban J connectivity index is 1.44. The van der Waals surface area contributed by atoms with E-state index in [-0.39, 0.29) is 17.9 Å². The number of fused-ring (bicyclic) bond motifs is 1. The van der Waals surface area contributed by atoms with Crippen LogP contribution in [0.4, 0.5) is 10.7 Å². The molecule has 1 aliphatic heterocycles. The van der Waals surface area contributed by atoms with E-state index < -0.39 is 0 Å². The molecule has 1 amide bonds. The van der Waals surface area contributed by atoms with Crippen molar-refractivity contribution in [1.29, 1.82) is 0 Å². The fraction of sp³-hybridized carbons (Fsp3) is 0.520. The number of rotatable bonds is 6. The number of nitrogens with one attached hydrogen (secondary N) is 1. The highest BCUT2D eigenvalue weighted by Gasteiger charge is 2.31. The van der Waals surface area contributed by atoms with E-state index in [4.69, 9.17) is 4.74 Å². The molecule has 7 heteroatoms.